The molecule has 3 heterocycles. The number of fused-ring (bicyclic) bond motifs is 2. The Bertz CT molecular complexity index is 1090. The van der Waals surface area contributed by atoms with Crippen molar-refractivity contribution in [1.29, 1.82) is 0 Å². The minimum absolute atomic E-state index is 0.0378. The van der Waals surface area contributed by atoms with Crippen LogP contribution in [0.4, 0.5) is 0 Å². The molecule has 2 atom stereocenters. The SMILES string of the molecule is O=C(Cn1cnc2sc(-c3ccccc3)cc2c1=O)N1CC[C@@H]2CCCC[C@H]2C1. The van der Waals surface area contributed by atoms with Crippen molar-refractivity contribution < 1.29 is 4.79 Å². The van der Waals surface area contributed by atoms with E-state index in [1.165, 1.54) is 47.9 Å². The molecule has 5 nitrogen and oxygen atoms in total. The van der Waals surface area contributed by atoms with Gasteiger partial charge in [-0.3, -0.25) is 14.2 Å². The lowest BCUT2D eigenvalue weighted by molar-refractivity contribution is -0.135. The normalized spacial score (nSPS) is 21.9. The first-order chi connectivity index (χ1) is 14.2. The molecule has 150 valence electrons. The second kappa shape index (κ2) is 7.75. The highest BCUT2D eigenvalue weighted by Gasteiger charge is 2.33. The number of carbonyl (C=O) groups excluding carboxylic acids is 1. The van der Waals surface area contributed by atoms with Crippen LogP contribution in [0.3, 0.4) is 0 Å². The Hall–Kier alpha value is -2.47. The van der Waals surface area contributed by atoms with Crippen molar-refractivity contribution in [3.8, 4) is 10.4 Å². The van der Waals surface area contributed by atoms with Crippen molar-refractivity contribution in [2.45, 2.75) is 38.6 Å². The van der Waals surface area contributed by atoms with Crippen molar-refractivity contribution in [3.63, 3.8) is 0 Å². The van der Waals surface area contributed by atoms with Gasteiger partial charge in [-0.1, -0.05) is 49.6 Å². The second-order valence-corrected chi connectivity index (χ2v) is 9.34. The van der Waals surface area contributed by atoms with Gasteiger partial charge in [0.25, 0.3) is 5.56 Å². The van der Waals surface area contributed by atoms with E-state index in [1.807, 2.05) is 41.3 Å². The van der Waals surface area contributed by atoms with Crippen LogP contribution in [0.2, 0.25) is 0 Å². The van der Waals surface area contributed by atoms with Gasteiger partial charge < -0.3 is 4.90 Å². The van der Waals surface area contributed by atoms with Gasteiger partial charge >= 0.3 is 0 Å². The molecule has 3 aromatic rings. The van der Waals surface area contributed by atoms with Crippen LogP contribution in [0.1, 0.15) is 32.1 Å². The Balaban J connectivity index is 1.36. The van der Waals surface area contributed by atoms with Crippen LogP contribution in [0.5, 0.6) is 0 Å². The van der Waals surface area contributed by atoms with Crippen LogP contribution < -0.4 is 5.56 Å². The van der Waals surface area contributed by atoms with E-state index in [0.29, 0.717) is 11.3 Å². The third-order valence-electron chi connectivity index (χ3n) is 6.53. The number of amides is 1. The summed E-state index contributed by atoms with van der Waals surface area (Å²) in [6.45, 7) is 1.75. The molecule has 0 bridgehead atoms. The standard InChI is InChI=1S/C23H25N3O2S/c27-21(25-11-10-16-6-4-5-9-18(16)13-25)14-26-15-24-22-19(23(26)28)12-20(29-22)17-7-2-1-3-8-17/h1-3,7-8,12,15-16,18H,4-6,9-11,13-14H2/t16-,18-/m0/s1. The number of carbonyl (C=O) groups is 1. The van der Waals surface area contributed by atoms with Gasteiger partial charge in [-0.25, -0.2) is 4.98 Å². The monoisotopic (exact) mass is 407 g/mol. The fraction of sp³-hybridized carbons (Fsp3) is 0.435. The summed E-state index contributed by atoms with van der Waals surface area (Å²) < 4.78 is 1.47. The fourth-order valence-electron chi connectivity index (χ4n) is 4.89. The third-order valence-corrected chi connectivity index (χ3v) is 7.62. The quantitative estimate of drug-likeness (QED) is 0.655. The Morgan fingerprint density at radius 3 is 2.72 bits per heavy atom. The zero-order valence-corrected chi connectivity index (χ0v) is 17.2. The zero-order valence-electron chi connectivity index (χ0n) is 16.4. The molecule has 0 N–H and O–H groups in total. The van der Waals surface area contributed by atoms with E-state index in [-0.39, 0.29) is 18.0 Å². The summed E-state index contributed by atoms with van der Waals surface area (Å²) in [7, 11) is 0. The Morgan fingerprint density at radius 1 is 1.10 bits per heavy atom. The predicted octanol–water partition coefficient (Wildman–Crippen LogP) is 4.16. The highest BCUT2D eigenvalue weighted by molar-refractivity contribution is 7.21. The summed E-state index contributed by atoms with van der Waals surface area (Å²) in [4.78, 5) is 34.0. The summed E-state index contributed by atoms with van der Waals surface area (Å²) in [5.41, 5.74) is 0.946. The number of piperidine rings is 1. The van der Waals surface area contributed by atoms with Gasteiger partial charge in [0, 0.05) is 18.0 Å². The first kappa shape index (κ1) is 18.6. The molecular weight excluding hydrogens is 382 g/mol. The number of thiophene rings is 1. The largest absolute Gasteiger partial charge is 0.341 e. The third kappa shape index (κ3) is 3.62. The van der Waals surface area contributed by atoms with Crippen LogP contribution in [-0.2, 0) is 11.3 Å². The number of hydrogen-bond acceptors (Lipinski definition) is 4. The topological polar surface area (TPSA) is 55.2 Å². The van der Waals surface area contributed by atoms with Crippen LogP contribution in [-0.4, -0.2) is 33.4 Å². The lowest BCUT2D eigenvalue weighted by atomic mass is 9.75. The van der Waals surface area contributed by atoms with Crippen molar-refractivity contribution in [2.75, 3.05) is 13.1 Å². The Kier molecular flexibility index (Phi) is 4.96. The Morgan fingerprint density at radius 2 is 1.90 bits per heavy atom. The first-order valence-electron chi connectivity index (χ1n) is 10.5. The van der Waals surface area contributed by atoms with E-state index in [4.69, 9.17) is 0 Å². The molecule has 2 aromatic heterocycles. The smallest absolute Gasteiger partial charge is 0.262 e. The number of likely N-dealkylation sites (tertiary alicyclic amines) is 1. The summed E-state index contributed by atoms with van der Waals surface area (Å²) in [5, 5.41) is 0.593. The van der Waals surface area contributed by atoms with Gasteiger partial charge in [0.05, 0.1) is 11.7 Å². The first-order valence-corrected chi connectivity index (χ1v) is 11.3. The summed E-state index contributed by atoms with van der Waals surface area (Å²) in [5.74, 6) is 1.47. The van der Waals surface area contributed by atoms with E-state index < -0.39 is 0 Å². The maximum atomic E-state index is 13.0. The number of rotatable bonds is 3. The molecule has 1 saturated carbocycles. The van der Waals surface area contributed by atoms with Crippen molar-refractivity contribution in [2.24, 2.45) is 11.8 Å². The van der Waals surface area contributed by atoms with E-state index in [9.17, 15) is 9.59 Å². The highest BCUT2D eigenvalue weighted by Crippen LogP contribution is 2.36. The molecule has 2 aliphatic rings. The molecule has 0 radical (unpaired) electrons. The van der Waals surface area contributed by atoms with Crippen molar-refractivity contribution in [1.82, 2.24) is 14.5 Å². The highest BCUT2D eigenvalue weighted by atomic mass is 32.1. The molecule has 2 fully saturated rings. The van der Waals surface area contributed by atoms with Gasteiger partial charge in [-0.15, -0.1) is 11.3 Å². The second-order valence-electron chi connectivity index (χ2n) is 8.31. The lowest BCUT2D eigenvalue weighted by Gasteiger charge is -2.41. The van der Waals surface area contributed by atoms with E-state index in [1.54, 1.807) is 0 Å². The van der Waals surface area contributed by atoms with Crippen LogP contribution in [0, 0.1) is 11.8 Å². The maximum Gasteiger partial charge on any atom is 0.262 e. The lowest BCUT2D eigenvalue weighted by Crippen LogP contribution is -2.46. The van der Waals surface area contributed by atoms with E-state index in [2.05, 4.69) is 4.98 Å². The minimum Gasteiger partial charge on any atom is -0.341 e. The summed E-state index contributed by atoms with van der Waals surface area (Å²) in [6.07, 6.45) is 7.80. The van der Waals surface area contributed by atoms with Crippen LogP contribution in [0.25, 0.3) is 20.7 Å². The average Bonchev–Trinajstić information content (AvgIpc) is 3.21. The predicted molar refractivity (Wildman–Crippen MR) is 116 cm³/mol. The maximum absolute atomic E-state index is 13.0. The zero-order chi connectivity index (χ0) is 19.8. The van der Waals surface area contributed by atoms with Gasteiger partial charge in [-0.2, -0.15) is 0 Å². The van der Waals surface area contributed by atoms with E-state index >= 15 is 0 Å². The fourth-order valence-corrected chi connectivity index (χ4v) is 5.89. The molecule has 1 aliphatic heterocycles. The van der Waals surface area contributed by atoms with Gasteiger partial charge in [0.15, 0.2) is 0 Å². The summed E-state index contributed by atoms with van der Waals surface area (Å²) in [6, 6.07) is 11.9. The van der Waals surface area contributed by atoms with Crippen molar-refractivity contribution in [3.05, 3.63) is 53.1 Å². The summed E-state index contributed by atoms with van der Waals surface area (Å²) >= 11 is 1.51. The number of benzene rings is 1. The minimum atomic E-state index is -0.130. The molecule has 1 saturated heterocycles. The molecule has 1 aliphatic carbocycles. The molecule has 0 unspecified atom stereocenters. The number of hydrogen-bond donors (Lipinski definition) is 0. The van der Waals surface area contributed by atoms with Gasteiger partial charge in [0.1, 0.15) is 11.4 Å². The molecule has 5 rings (SSSR count). The van der Waals surface area contributed by atoms with Gasteiger partial charge in [-0.05, 0) is 36.3 Å². The van der Waals surface area contributed by atoms with E-state index in [0.717, 1.165) is 40.7 Å². The molecular formula is C23H25N3O2S. The molecule has 29 heavy (non-hydrogen) atoms. The molecule has 0 spiro atoms. The van der Waals surface area contributed by atoms with Crippen LogP contribution >= 0.6 is 11.3 Å². The Labute approximate surface area is 174 Å². The number of nitrogens with zero attached hydrogens (tertiary/aromatic N) is 3. The van der Waals surface area contributed by atoms with Crippen LogP contribution in [0.15, 0.2) is 47.5 Å². The molecule has 6 heteroatoms. The van der Waals surface area contributed by atoms with Crippen molar-refractivity contribution >= 4 is 27.5 Å². The molecule has 1 aromatic carbocycles. The number of aromatic nitrogens is 2. The molecule has 1 amide bonds. The average molecular weight is 408 g/mol. The van der Waals surface area contributed by atoms with Gasteiger partial charge in [0.2, 0.25) is 5.91 Å².